The van der Waals surface area contributed by atoms with Gasteiger partial charge >= 0.3 is 5.97 Å². The number of amides is 1. The number of hydrogen-bond donors (Lipinski definition) is 2. The molecule has 6 heteroatoms. The topological polar surface area (TPSA) is 88.5 Å². The molecule has 19 heavy (non-hydrogen) atoms. The molecule has 0 spiro atoms. The molecule has 102 valence electrons. The number of nitrogens with zero attached hydrogens (tertiary/aromatic N) is 1. The maximum atomic E-state index is 11.8. The number of carbonyl (C=O) groups is 2. The number of rotatable bonds is 6. The summed E-state index contributed by atoms with van der Waals surface area (Å²) in [7, 11) is 1.47. The summed E-state index contributed by atoms with van der Waals surface area (Å²) in [6.45, 7) is 1.79. The van der Waals surface area contributed by atoms with Crippen LogP contribution in [0.25, 0.3) is 0 Å². The molecule has 1 heterocycles. The molecule has 0 saturated carbocycles. The van der Waals surface area contributed by atoms with E-state index in [0.29, 0.717) is 5.88 Å². The number of ether oxygens (including phenoxy) is 1. The molecule has 1 atom stereocenters. The minimum Gasteiger partial charge on any atom is -0.481 e. The fraction of sp³-hybridized carbons (Fsp3) is 0.308. The Morgan fingerprint density at radius 2 is 2.26 bits per heavy atom. The molecule has 1 unspecified atom stereocenters. The van der Waals surface area contributed by atoms with Gasteiger partial charge in [0.1, 0.15) is 6.04 Å². The third-order valence-corrected chi connectivity index (χ3v) is 2.42. The lowest BCUT2D eigenvalue weighted by Crippen LogP contribution is -2.40. The number of carboxylic acids is 1. The van der Waals surface area contributed by atoms with Crippen LogP contribution in [0.5, 0.6) is 5.88 Å². The minimum absolute atomic E-state index is 0.237. The molecule has 0 radical (unpaired) electrons. The van der Waals surface area contributed by atoms with Gasteiger partial charge in [0, 0.05) is 12.3 Å². The molecule has 0 aliphatic rings. The summed E-state index contributed by atoms with van der Waals surface area (Å²) in [6, 6.07) is 2.11. The van der Waals surface area contributed by atoms with Crippen LogP contribution in [-0.2, 0) is 4.79 Å². The van der Waals surface area contributed by atoms with Crippen molar-refractivity contribution in [2.75, 3.05) is 7.11 Å². The van der Waals surface area contributed by atoms with E-state index < -0.39 is 17.9 Å². The van der Waals surface area contributed by atoms with E-state index in [-0.39, 0.29) is 12.0 Å². The molecule has 0 fully saturated rings. The number of aromatic nitrogens is 1. The van der Waals surface area contributed by atoms with Crippen molar-refractivity contribution >= 4 is 11.9 Å². The van der Waals surface area contributed by atoms with E-state index in [2.05, 4.69) is 10.3 Å². The first-order chi connectivity index (χ1) is 9.08. The lowest BCUT2D eigenvalue weighted by molar-refractivity contribution is -0.139. The van der Waals surface area contributed by atoms with Crippen molar-refractivity contribution in [2.45, 2.75) is 19.4 Å². The van der Waals surface area contributed by atoms with Crippen LogP contribution in [0.4, 0.5) is 0 Å². The second-order valence-electron chi connectivity index (χ2n) is 3.76. The summed E-state index contributed by atoms with van der Waals surface area (Å²) in [5.41, 5.74) is 0.285. The zero-order valence-electron chi connectivity index (χ0n) is 10.8. The van der Waals surface area contributed by atoms with Crippen molar-refractivity contribution in [2.24, 2.45) is 0 Å². The van der Waals surface area contributed by atoms with Crippen LogP contribution in [0.3, 0.4) is 0 Å². The third kappa shape index (κ3) is 4.42. The van der Waals surface area contributed by atoms with Crippen molar-refractivity contribution < 1.29 is 19.4 Å². The molecule has 1 aromatic rings. The van der Waals surface area contributed by atoms with Gasteiger partial charge in [-0.1, -0.05) is 12.2 Å². The lowest BCUT2D eigenvalue weighted by Gasteiger charge is -2.12. The molecule has 6 nitrogen and oxygen atoms in total. The Bertz CT molecular complexity index is 468. The van der Waals surface area contributed by atoms with Gasteiger partial charge < -0.3 is 15.2 Å². The molecule has 0 saturated heterocycles. The summed E-state index contributed by atoms with van der Waals surface area (Å²) < 4.78 is 4.88. The van der Waals surface area contributed by atoms with Crippen LogP contribution < -0.4 is 10.1 Å². The maximum Gasteiger partial charge on any atom is 0.326 e. The normalized spacial score (nSPS) is 12.1. The van der Waals surface area contributed by atoms with E-state index in [1.165, 1.54) is 25.4 Å². The summed E-state index contributed by atoms with van der Waals surface area (Å²) in [6.07, 6.45) is 4.99. The van der Waals surface area contributed by atoms with Gasteiger partial charge in [0.25, 0.3) is 5.91 Å². The molecular weight excluding hydrogens is 248 g/mol. The van der Waals surface area contributed by atoms with E-state index in [0.717, 1.165) is 0 Å². The quantitative estimate of drug-likeness (QED) is 0.755. The van der Waals surface area contributed by atoms with Gasteiger partial charge in [0.2, 0.25) is 5.88 Å². The third-order valence-electron chi connectivity index (χ3n) is 2.42. The molecule has 0 aliphatic heterocycles. The highest BCUT2D eigenvalue weighted by Crippen LogP contribution is 2.07. The molecule has 0 aromatic carbocycles. The van der Waals surface area contributed by atoms with Crippen LogP contribution in [0.2, 0.25) is 0 Å². The van der Waals surface area contributed by atoms with Crippen molar-refractivity contribution in [1.29, 1.82) is 0 Å². The van der Waals surface area contributed by atoms with Crippen LogP contribution in [0.15, 0.2) is 30.5 Å². The van der Waals surface area contributed by atoms with Crippen molar-refractivity contribution in [3.8, 4) is 5.88 Å². The van der Waals surface area contributed by atoms with E-state index in [1.807, 2.05) is 0 Å². The fourth-order valence-electron chi connectivity index (χ4n) is 1.37. The molecular formula is C13H16N2O4. The standard InChI is InChI=1S/C13H16N2O4/c1-3-4-5-10(13(17)18)15-12(16)9-6-7-11(19-2)14-8-9/h3-4,6-8,10H,5H2,1-2H3,(H,15,16)(H,17,18)/b4-3+. The van der Waals surface area contributed by atoms with Crippen LogP contribution >= 0.6 is 0 Å². The number of carboxylic acid groups (broad SMARTS) is 1. The zero-order chi connectivity index (χ0) is 14.3. The first kappa shape index (κ1) is 14.7. The summed E-state index contributed by atoms with van der Waals surface area (Å²) in [4.78, 5) is 26.7. The highest BCUT2D eigenvalue weighted by molar-refractivity contribution is 5.96. The second-order valence-corrected chi connectivity index (χ2v) is 3.76. The van der Waals surface area contributed by atoms with Crippen molar-refractivity contribution in [1.82, 2.24) is 10.3 Å². The molecule has 2 N–H and O–H groups in total. The van der Waals surface area contributed by atoms with Gasteiger partial charge in [-0.15, -0.1) is 0 Å². The Hall–Kier alpha value is -2.37. The predicted molar refractivity (Wildman–Crippen MR) is 69.1 cm³/mol. The number of hydrogen-bond acceptors (Lipinski definition) is 4. The Labute approximate surface area is 111 Å². The summed E-state index contributed by atoms with van der Waals surface area (Å²) in [5, 5.41) is 11.4. The number of methoxy groups -OCH3 is 1. The number of pyridine rings is 1. The molecule has 1 amide bonds. The van der Waals surface area contributed by atoms with E-state index >= 15 is 0 Å². The largest absolute Gasteiger partial charge is 0.481 e. The van der Waals surface area contributed by atoms with Gasteiger partial charge in [-0.05, 0) is 19.4 Å². The average Bonchev–Trinajstić information content (AvgIpc) is 2.43. The van der Waals surface area contributed by atoms with Crippen molar-refractivity contribution in [3.05, 3.63) is 36.0 Å². The first-order valence-electron chi connectivity index (χ1n) is 5.73. The molecule has 0 bridgehead atoms. The highest BCUT2D eigenvalue weighted by atomic mass is 16.5. The monoisotopic (exact) mass is 264 g/mol. The molecule has 0 aliphatic carbocycles. The van der Waals surface area contributed by atoms with Crippen LogP contribution in [0, 0.1) is 0 Å². The average molecular weight is 264 g/mol. The van der Waals surface area contributed by atoms with Gasteiger partial charge in [-0.3, -0.25) is 4.79 Å². The number of aliphatic carboxylic acids is 1. The Balaban J connectivity index is 2.72. The minimum atomic E-state index is -1.08. The van der Waals surface area contributed by atoms with Crippen molar-refractivity contribution in [3.63, 3.8) is 0 Å². The van der Waals surface area contributed by atoms with Gasteiger partial charge in [0.05, 0.1) is 12.7 Å². The molecule has 1 rings (SSSR count). The van der Waals surface area contributed by atoms with Gasteiger partial charge in [0.15, 0.2) is 0 Å². The van der Waals surface area contributed by atoms with Crippen LogP contribution in [0.1, 0.15) is 23.7 Å². The SMILES string of the molecule is C/C=C/CC(NC(=O)c1ccc(OC)nc1)C(=O)O. The Morgan fingerprint density at radius 3 is 2.74 bits per heavy atom. The summed E-state index contributed by atoms with van der Waals surface area (Å²) >= 11 is 0. The highest BCUT2D eigenvalue weighted by Gasteiger charge is 2.19. The maximum absolute atomic E-state index is 11.8. The molecule has 1 aromatic heterocycles. The van der Waals surface area contributed by atoms with E-state index in [1.54, 1.807) is 19.1 Å². The second kappa shape index (κ2) is 7.15. The number of allylic oxidation sites excluding steroid dienone is 1. The van der Waals surface area contributed by atoms with Crippen LogP contribution in [-0.4, -0.2) is 35.1 Å². The summed E-state index contributed by atoms with van der Waals surface area (Å²) in [5.74, 6) is -1.17. The Kier molecular flexibility index (Phi) is 5.53. The van der Waals surface area contributed by atoms with E-state index in [9.17, 15) is 9.59 Å². The predicted octanol–water partition coefficient (Wildman–Crippen LogP) is 1.24. The van der Waals surface area contributed by atoms with E-state index in [4.69, 9.17) is 9.84 Å². The fourth-order valence-corrected chi connectivity index (χ4v) is 1.37. The number of carbonyl (C=O) groups excluding carboxylic acids is 1. The number of nitrogens with one attached hydrogen (secondary N) is 1. The first-order valence-corrected chi connectivity index (χ1v) is 5.73. The Morgan fingerprint density at radius 1 is 1.53 bits per heavy atom. The van der Waals surface area contributed by atoms with Gasteiger partial charge in [-0.2, -0.15) is 0 Å². The zero-order valence-corrected chi connectivity index (χ0v) is 10.8. The smallest absolute Gasteiger partial charge is 0.326 e. The lowest BCUT2D eigenvalue weighted by atomic mass is 10.1. The van der Waals surface area contributed by atoms with Gasteiger partial charge in [-0.25, -0.2) is 9.78 Å².